The van der Waals surface area contributed by atoms with Gasteiger partial charge in [0.1, 0.15) is 23.4 Å². The number of aryl methyl sites for hydroxylation is 1. The number of ether oxygens (including phenoxy) is 1. The van der Waals surface area contributed by atoms with E-state index in [4.69, 9.17) is 15.5 Å². The Morgan fingerprint density at radius 2 is 2.15 bits per heavy atom. The van der Waals surface area contributed by atoms with Crippen molar-refractivity contribution in [2.24, 2.45) is 5.90 Å². The number of carbonyl (C=O) groups excluding carboxylic acids is 2. The van der Waals surface area contributed by atoms with Gasteiger partial charge in [-0.2, -0.15) is 5.90 Å². The third-order valence-electron chi connectivity index (χ3n) is 4.37. The van der Waals surface area contributed by atoms with Crippen LogP contribution in [0.1, 0.15) is 36.8 Å². The molecule has 0 amide bonds. The van der Waals surface area contributed by atoms with Crippen LogP contribution in [-0.4, -0.2) is 23.3 Å². The minimum Gasteiger partial charge on any atom is -0.412 e. The molecule has 2 bridgehead atoms. The molecule has 3 rings (SSSR count). The lowest BCUT2D eigenvalue weighted by Gasteiger charge is -2.33. The van der Waals surface area contributed by atoms with Crippen LogP contribution in [0.15, 0.2) is 18.2 Å². The minimum atomic E-state index is -0.838. The van der Waals surface area contributed by atoms with Crippen molar-refractivity contribution in [1.82, 2.24) is 0 Å². The maximum Gasteiger partial charge on any atom is 0.179 e. The average molecular weight is 275 g/mol. The van der Waals surface area contributed by atoms with Gasteiger partial charge in [-0.25, -0.2) is 0 Å². The number of benzene rings is 1. The number of ketones is 2. The molecule has 0 radical (unpaired) electrons. The Hall–Kier alpha value is -1.72. The fourth-order valence-electron chi connectivity index (χ4n) is 3.14. The van der Waals surface area contributed by atoms with Crippen LogP contribution in [0.4, 0.5) is 0 Å². The molecule has 0 aliphatic carbocycles. The summed E-state index contributed by atoms with van der Waals surface area (Å²) in [6.07, 6.45) is 0.749. The van der Waals surface area contributed by atoms with Crippen molar-refractivity contribution >= 4 is 11.6 Å². The predicted octanol–water partition coefficient (Wildman–Crippen LogP) is 1.42. The molecule has 3 unspecified atom stereocenters. The Bertz CT molecular complexity index is 598. The van der Waals surface area contributed by atoms with Gasteiger partial charge in [-0.05, 0) is 49.9 Å². The normalized spacial score (nSPS) is 32.5. The van der Waals surface area contributed by atoms with Gasteiger partial charge in [0.25, 0.3) is 0 Å². The molecule has 20 heavy (non-hydrogen) atoms. The third kappa shape index (κ3) is 1.77. The first kappa shape index (κ1) is 13.3. The molecule has 2 N–H and O–H groups in total. The summed E-state index contributed by atoms with van der Waals surface area (Å²) in [7, 11) is 0. The molecular formula is C15H17NO4. The fraction of sp³-hybridized carbons (Fsp3) is 0.467. The summed E-state index contributed by atoms with van der Waals surface area (Å²) in [4.78, 5) is 29.8. The van der Waals surface area contributed by atoms with Gasteiger partial charge in [0.2, 0.25) is 0 Å². The highest BCUT2D eigenvalue weighted by atomic mass is 16.6. The van der Waals surface area contributed by atoms with Crippen molar-refractivity contribution in [3.63, 3.8) is 0 Å². The zero-order valence-corrected chi connectivity index (χ0v) is 11.5. The van der Waals surface area contributed by atoms with Gasteiger partial charge in [0.15, 0.2) is 11.6 Å². The van der Waals surface area contributed by atoms with Crippen LogP contribution in [0.25, 0.3) is 0 Å². The molecule has 0 spiro atoms. The van der Waals surface area contributed by atoms with Gasteiger partial charge < -0.3 is 9.57 Å². The number of rotatable bonds is 2. The number of hydrogen-bond donors (Lipinski definition) is 1. The van der Waals surface area contributed by atoms with E-state index in [-0.39, 0.29) is 11.6 Å². The van der Waals surface area contributed by atoms with E-state index in [1.165, 1.54) is 0 Å². The largest absolute Gasteiger partial charge is 0.412 e. The molecule has 5 heteroatoms. The van der Waals surface area contributed by atoms with Crippen molar-refractivity contribution in [2.75, 3.05) is 0 Å². The Morgan fingerprint density at radius 3 is 2.85 bits per heavy atom. The topological polar surface area (TPSA) is 78.6 Å². The molecule has 5 nitrogen and oxygen atoms in total. The lowest BCUT2D eigenvalue weighted by molar-refractivity contribution is -0.160. The summed E-state index contributed by atoms with van der Waals surface area (Å²) in [5.41, 5.74) is 0.710. The molecule has 2 aliphatic heterocycles. The van der Waals surface area contributed by atoms with Crippen molar-refractivity contribution in [3.05, 3.63) is 29.3 Å². The minimum absolute atomic E-state index is 0.151. The molecule has 0 aromatic heterocycles. The van der Waals surface area contributed by atoms with E-state index in [0.717, 1.165) is 5.56 Å². The van der Waals surface area contributed by atoms with Crippen LogP contribution in [0.2, 0.25) is 0 Å². The van der Waals surface area contributed by atoms with E-state index in [9.17, 15) is 9.59 Å². The Kier molecular flexibility index (Phi) is 2.92. The molecule has 2 aliphatic rings. The van der Waals surface area contributed by atoms with E-state index in [1.54, 1.807) is 25.1 Å². The number of carbonyl (C=O) groups is 2. The smallest absolute Gasteiger partial charge is 0.179 e. The second-order valence-corrected chi connectivity index (χ2v) is 5.71. The van der Waals surface area contributed by atoms with Gasteiger partial charge in [-0.15, -0.1) is 0 Å². The fourth-order valence-corrected chi connectivity index (χ4v) is 3.14. The average Bonchev–Trinajstić information content (AvgIpc) is 2.81. The SMILES string of the molecule is Cc1ccc(ON)cc1C1C(=O)C2CCC(C)(O2)C1=O. The molecule has 0 saturated carbocycles. The molecule has 1 aromatic carbocycles. The van der Waals surface area contributed by atoms with E-state index in [1.807, 2.05) is 6.92 Å². The molecular weight excluding hydrogens is 258 g/mol. The maximum atomic E-state index is 12.6. The summed E-state index contributed by atoms with van der Waals surface area (Å²) >= 11 is 0. The quantitative estimate of drug-likeness (QED) is 0.652. The van der Waals surface area contributed by atoms with Crippen LogP contribution < -0.4 is 10.7 Å². The first-order chi connectivity index (χ1) is 9.46. The van der Waals surface area contributed by atoms with Crippen LogP contribution in [0.5, 0.6) is 5.75 Å². The highest BCUT2D eigenvalue weighted by molar-refractivity contribution is 6.15. The van der Waals surface area contributed by atoms with E-state index in [2.05, 4.69) is 0 Å². The van der Waals surface area contributed by atoms with Gasteiger partial charge in [0, 0.05) is 0 Å². The Labute approximate surface area is 117 Å². The Balaban J connectivity index is 2.09. The van der Waals surface area contributed by atoms with Gasteiger partial charge in [-0.3, -0.25) is 9.59 Å². The lowest BCUT2D eigenvalue weighted by atomic mass is 9.80. The van der Waals surface area contributed by atoms with E-state index >= 15 is 0 Å². The zero-order valence-electron chi connectivity index (χ0n) is 11.5. The second kappa shape index (κ2) is 4.40. The molecule has 2 heterocycles. The highest BCUT2D eigenvalue weighted by Gasteiger charge is 2.55. The van der Waals surface area contributed by atoms with Crippen LogP contribution >= 0.6 is 0 Å². The van der Waals surface area contributed by atoms with E-state index < -0.39 is 17.6 Å². The van der Waals surface area contributed by atoms with E-state index in [0.29, 0.717) is 24.2 Å². The number of hydrogen-bond acceptors (Lipinski definition) is 5. The number of Topliss-reactive ketones (excluding diaryl/α,β-unsaturated/α-hetero) is 2. The lowest BCUT2D eigenvalue weighted by Crippen LogP contribution is -2.49. The van der Waals surface area contributed by atoms with Crippen molar-refractivity contribution in [1.29, 1.82) is 0 Å². The van der Waals surface area contributed by atoms with Gasteiger partial charge >= 0.3 is 0 Å². The Morgan fingerprint density at radius 1 is 1.40 bits per heavy atom. The first-order valence-corrected chi connectivity index (χ1v) is 6.69. The summed E-state index contributed by atoms with van der Waals surface area (Å²) in [6.45, 7) is 3.64. The summed E-state index contributed by atoms with van der Waals surface area (Å²) < 4.78 is 5.60. The molecule has 106 valence electrons. The first-order valence-electron chi connectivity index (χ1n) is 6.69. The predicted molar refractivity (Wildman–Crippen MR) is 71.3 cm³/mol. The third-order valence-corrected chi connectivity index (χ3v) is 4.37. The van der Waals surface area contributed by atoms with Crippen LogP contribution in [0, 0.1) is 6.92 Å². The van der Waals surface area contributed by atoms with Crippen molar-refractivity contribution in [3.8, 4) is 5.75 Å². The standard InChI is InChI=1S/C15H17NO4/c1-8-3-4-9(20-16)7-10(8)12-13(17)11-5-6-15(2,19-11)14(12)18/h3-4,7,11-12H,5-6,16H2,1-2H3. The second-order valence-electron chi connectivity index (χ2n) is 5.71. The summed E-state index contributed by atoms with van der Waals surface area (Å²) in [5.74, 6) is 4.53. The summed E-state index contributed by atoms with van der Waals surface area (Å²) in [6, 6.07) is 5.19. The van der Waals surface area contributed by atoms with Crippen LogP contribution in [0.3, 0.4) is 0 Å². The highest BCUT2D eigenvalue weighted by Crippen LogP contribution is 2.44. The van der Waals surface area contributed by atoms with Gasteiger partial charge in [0.05, 0.1) is 0 Å². The molecule has 3 atom stereocenters. The maximum absolute atomic E-state index is 12.6. The van der Waals surface area contributed by atoms with Crippen molar-refractivity contribution in [2.45, 2.75) is 44.3 Å². The van der Waals surface area contributed by atoms with Crippen LogP contribution in [-0.2, 0) is 14.3 Å². The number of nitrogens with two attached hydrogens (primary N) is 1. The summed E-state index contributed by atoms with van der Waals surface area (Å²) in [5, 5.41) is 0. The van der Waals surface area contributed by atoms with Crippen molar-refractivity contribution < 1.29 is 19.2 Å². The number of fused-ring (bicyclic) bond motifs is 2. The monoisotopic (exact) mass is 275 g/mol. The molecule has 2 fully saturated rings. The molecule has 1 aromatic rings. The zero-order chi connectivity index (χ0) is 14.5. The van der Waals surface area contributed by atoms with Gasteiger partial charge in [-0.1, -0.05) is 6.07 Å². The molecule has 2 saturated heterocycles.